The molecule has 2 aliphatic heterocycles. The van der Waals surface area contributed by atoms with Crippen LogP contribution in [0.15, 0.2) is 48.5 Å². The highest BCUT2D eigenvalue weighted by Gasteiger charge is 2.43. The van der Waals surface area contributed by atoms with Gasteiger partial charge in [0.2, 0.25) is 0 Å². The molecule has 2 saturated heterocycles. The van der Waals surface area contributed by atoms with E-state index in [1.807, 2.05) is 42.5 Å². The largest absolute Gasteiger partial charge is 0.481 e. The summed E-state index contributed by atoms with van der Waals surface area (Å²) in [6, 6.07) is 15.7. The number of carboxylic acids is 1. The first-order chi connectivity index (χ1) is 14.5. The summed E-state index contributed by atoms with van der Waals surface area (Å²) in [4.78, 5) is 14.6. The second kappa shape index (κ2) is 8.88. The molecule has 160 valence electrons. The van der Waals surface area contributed by atoms with Gasteiger partial charge in [-0.1, -0.05) is 59.6 Å². The molecule has 0 aromatic heterocycles. The minimum atomic E-state index is -0.770. The molecular formula is C24H28Cl2N2O2. The number of nitrogens with zero attached hydrogens (tertiary/aromatic N) is 1. The highest BCUT2D eigenvalue weighted by atomic mass is 35.5. The van der Waals surface area contributed by atoms with Crippen LogP contribution in [-0.4, -0.2) is 48.7 Å². The molecule has 0 aliphatic carbocycles. The van der Waals surface area contributed by atoms with E-state index >= 15 is 0 Å². The number of carboxylic acid groups (broad SMARTS) is 1. The maximum atomic E-state index is 12.2. The van der Waals surface area contributed by atoms with Crippen LogP contribution >= 0.6 is 23.2 Å². The lowest BCUT2D eigenvalue weighted by molar-refractivity contribution is -0.146. The van der Waals surface area contributed by atoms with Crippen molar-refractivity contribution in [2.45, 2.75) is 36.5 Å². The van der Waals surface area contributed by atoms with Crippen LogP contribution in [0.3, 0.4) is 0 Å². The first-order valence-electron chi connectivity index (χ1n) is 10.6. The predicted molar refractivity (Wildman–Crippen MR) is 122 cm³/mol. The topological polar surface area (TPSA) is 52.6 Å². The SMILES string of the molecule is O=C(O)C1(c2ccccc2)CCN(CCC2(c3ccc(Cl)c(Cl)c3)CCNC2)CC1. The molecule has 0 saturated carbocycles. The van der Waals surface area contributed by atoms with E-state index in [1.165, 1.54) is 5.56 Å². The van der Waals surface area contributed by atoms with Crippen molar-refractivity contribution >= 4 is 29.2 Å². The van der Waals surface area contributed by atoms with Crippen molar-refractivity contribution in [3.63, 3.8) is 0 Å². The van der Waals surface area contributed by atoms with Crippen LogP contribution < -0.4 is 5.32 Å². The van der Waals surface area contributed by atoms with E-state index in [2.05, 4.69) is 16.3 Å². The number of piperidine rings is 1. The number of benzene rings is 2. The third-order valence-corrected chi connectivity index (χ3v) is 7.87. The van der Waals surface area contributed by atoms with Gasteiger partial charge in [-0.15, -0.1) is 0 Å². The normalized spacial score (nSPS) is 24.1. The first kappa shape index (κ1) is 21.6. The molecule has 2 heterocycles. The molecule has 4 rings (SSSR count). The van der Waals surface area contributed by atoms with Crippen LogP contribution in [0, 0.1) is 0 Å². The minimum Gasteiger partial charge on any atom is -0.481 e. The number of nitrogens with one attached hydrogen (secondary N) is 1. The lowest BCUT2D eigenvalue weighted by Crippen LogP contribution is -2.48. The number of hydrogen-bond donors (Lipinski definition) is 2. The number of hydrogen-bond acceptors (Lipinski definition) is 3. The zero-order valence-electron chi connectivity index (χ0n) is 17.0. The summed E-state index contributed by atoms with van der Waals surface area (Å²) in [5.74, 6) is -0.708. The highest BCUT2D eigenvalue weighted by molar-refractivity contribution is 6.42. The lowest BCUT2D eigenvalue weighted by Gasteiger charge is -2.40. The Hall–Kier alpha value is -1.59. The van der Waals surface area contributed by atoms with Crippen LogP contribution in [0.4, 0.5) is 0 Å². The Bertz CT molecular complexity index is 889. The van der Waals surface area contributed by atoms with Crippen molar-refractivity contribution in [2.75, 3.05) is 32.7 Å². The molecule has 0 radical (unpaired) electrons. The van der Waals surface area contributed by atoms with Gasteiger partial charge in [0.05, 0.1) is 15.5 Å². The zero-order chi connectivity index (χ0) is 21.2. The Kier molecular flexibility index (Phi) is 6.40. The number of rotatable bonds is 6. The fourth-order valence-corrected chi connectivity index (χ4v) is 5.39. The van der Waals surface area contributed by atoms with E-state index in [4.69, 9.17) is 23.2 Å². The van der Waals surface area contributed by atoms with Gasteiger partial charge in [0, 0.05) is 12.0 Å². The molecule has 0 spiro atoms. The van der Waals surface area contributed by atoms with E-state index in [1.54, 1.807) is 0 Å². The molecule has 2 aromatic rings. The highest BCUT2D eigenvalue weighted by Crippen LogP contribution is 2.39. The van der Waals surface area contributed by atoms with Gasteiger partial charge in [0.15, 0.2) is 0 Å². The van der Waals surface area contributed by atoms with E-state index in [0.717, 1.165) is 51.1 Å². The second-order valence-corrected chi connectivity index (χ2v) is 9.50. The van der Waals surface area contributed by atoms with Gasteiger partial charge in [0.1, 0.15) is 0 Å². The van der Waals surface area contributed by atoms with Crippen molar-refractivity contribution in [1.82, 2.24) is 10.2 Å². The van der Waals surface area contributed by atoms with Crippen LogP contribution in [-0.2, 0) is 15.6 Å². The zero-order valence-corrected chi connectivity index (χ0v) is 18.6. The average Bonchev–Trinajstić information content (AvgIpc) is 3.25. The Balaban J connectivity index is 1.44. The van der Waals surface area contributed by atoms with E-state index < -0.39 is 11.4 Å². The van der Waals surface area contributed by atoms with Crippen molar-refractivity contribution < 1.29 is 9.90 Å². The summed E-state index contributed by atoms with van der Waals surface area (Å²) in [7, 11) is 0. The minimum absolute atomic E-state index is 0.0506. The Morgan fingerprint density at radius 1 is 1.00 bits per heavy atom. The molecular weight excluding hydrogens is 419 g/mol. The summed E-state index contributed by atoms with van der Waals surface area (Å²) >= 11 is 12.4. The predicted octanol–water partition coefficient (Wildman–Crippen LogP) is 4.73. The number of likely N-dealkylation sites (tertiary alicyclic amines) is 1. The molecule has 2 N–H and O–H groups in total. The third kappa shape index (κ3) is 4.11. The summed E-state index contributed by atoms with van der Waals surface area (Å²) in [5, 5.41) is 14.7. The van der Waals surface area contributed by atoms with Gasteiger partial charge in [-0.25, -0.2) is 0 Å². The van der Waals surface area contributed by atoms with E-state index in [0.29, 0.717) is 22.9 Å². The molecule has 4 nitrogen and oxygen atoms in total. The molecule has 0 bridgehead atoms. The summed E-state index contributed by atoms with van der Waals surface area (Å²) in [5.41, 5.74) is 1.44. The van der Waals surface area contributed by atoms with Gasteiger partial charge in [-0.2, -0.15) is 0 Å². The number of halogens is 2. The Morgan fingerprint density at radius 3 is 2.33 bits per heavy atom. The Labute approximate surface area is 188 Å². The summed E-state index contributed by atoms with van der Waals surface area (Å²) in [6.07, 6.45) is 3.37. The van der Waals surface area contributed by atoms with Gasteiger partial charge < -0.3 is 15.3 Å². The number of aliphatic carboxylic acids is 1. The molecule has 0 amide bonds. The van der Waals surface area contributed by atoms with Crippen LogP contribution in [0.2, 0.25) is 10.0 Å². The molecule has 2 aliphatic rings. The maximum Gasteiger partial charge on any atom is 0.314 e. The smallest absolute Gasteiger partial charge is 0.314 e. The van der Waals surface area contributed by atoms with E-state index in [9.17, 15) is 9.90 Å². The molecule has 1 atom stereocenters. The first-order valence-corrected chi connectivity index (χ1v) is 11.4. The fourth-order valence-electron chi connectivity index (χ4n) is 5.09. The van der Waals surface area contributed by atoms with Gasteiger partial charge in [-0.3, -0.25) is 4.79 Å². The van der Waals surface area contributed by atoms with Crippen LogP contribution in [0.1, 0.15) is 36.8 Å². The van der Waals surface area contributed by atoms with Gasteiger partial charge >= 0.3 is 5.97 Å². The van der Waals surface area contributed by atoms with E-state index in [-0.39, 0.29) is 5.41 Å². The van der Waals surface area contributed by atoms with Crippen molar-refractivity contribution in [3.05, 3.63) is 69.7 Å². The van der Waals surface area contributed by atoms with Crippen LogP contribution in [0.25, 0.3) is 0 Å². The second-order valence-electron chi connectivity index (χ2n) is 8.68. The molecule has 2 fully saturated rings. The quantitative estimate of drug-likeness (QED) is 0.672. The average molecular weight is 447 g/mol. The molecule has 6 heteroatoms. The Morgan fingerprint density at radius 2 is 1.73 bits per heavy atom. The van der Waals surface area contributed by atoms with Gasteiger partial charge in [0.25, 0.3) is 0 Å². The lowest BCUT2D eigenvalue weighted by atomic mass is 9.72. The fraction of sp³-hybridized carbons (Fsp3) is 0.458. The molecule has 1 unspecified atom stereocenters. The monoisotopic (exact) mass is 446 g/mol. The van der Waals surface area contributed by atoms with Crippen molar-refractivity contribution in [1.29, 1.82) is 0 Å². The molecule has 30 heavy (non-hydrogen) atoms. The van der Waals surface area contributed by atoms with Gasteiger partial charge in [-0.05, 0) is 75.1 Å². The van der Waals surface area contributed by atoms with Crippen LogP contribution in [0.5, 0.6) is 0 Å². The third-order valence-electron chi connectivity index (χ3n) is 7.13. The standard InChI is InChI=1S/C24H28Cl2N2O2/c25-20-7-6-19(16-21(20)26)23(8-12-27-17-23)9-13-28-14-10-24(11-15-28,22(29)30)18-4-2-1-3-5-18/h1-7,16,27H,8-15,17H2,(H,29,30). The summed E-state index contributed by atoms with van der Waals surface area (Å²) in [6.45, 7) is 4.48. The maximum absolute atomic E-state index is 12.2. The van der Waals surface area contributed by atoms with Crippen molar-refractivity contribution in [3.8, 4) is 0 Å². The molecule has 2 aromatic carbocycles. The van der Waals surface area contributed by atoms with Crippen molar-refractivity contribution in [2.24, 2.45) is 0 Å². The summed E-state index contributed by atoms with van der Waals surface area (Å²) < 4.78 is 0. The number of carbonyl (C=O) groups is 1.